The van der Waals surface area contributed by atoms with Gasteiger partial charge in [0.1, 0.15) is 11.2 Å². The van der Waals surface area contributed by atoms with Crippen molar-refractivity contribution < 1.29 is 23.1 Å². The first kappa shape index (κ1) is 14.7. The normalized spacial score (nSPS) is 11.6. The lowest BCUT2D eigenvalue weighted by Crippen LogP contribution is -2.06. The molecule has 1 N–H and O–H groups in total. The van der Waals surface area contributed by atoms with Gasteiger partial charge < -0.3 is 9.90 Å². The van der Waals surface area contributed by atoms with E-state index in [2.05, 4.69) is 4.37 Å². The van der Waals surface area contributed by atoms with E-state index < -0.39 is 17.7 Å². The molecule has 0 bridgehead atoms. The van der Waals surface area contributed by atoms with Crippen LogP contribution in [0.4, 0.5) is 13.2 Å². The summed E-state index contributed by atoms with van der Waals surface area (Å²) >= 11 is 0.326. The molecule has 20 heavy (non-hydrogen) atoms. The third-order valence-corrected chi connectivity index (χ3v) is 3.68. The minimum Gasteiger partial charge on any atom is -0.392 e. The van der Waals surface area contributed by atoms with Gasteiger partial charge in [-0.3, -0.25) is 0 Å². The minimum atomic E-state index is -4.52. The molecule has 1 heterocycles. The summed E-state index contributed by atoms with van der Waals surface area (Å²) in [7, 11) is 0. The molecule has 0 atom stereocenters. The van der Waals surface area contributed by atoms with E-state index in [1.165, 1.54) is 0 Å². The molecular weight excluding hydrogens is 291 g/mol. The number of aldehydes is 1. The minimum absolute atomic E-state index is 0.127. The lowest BCUT2D eigenvalue weighted by Gasteiger charge is -2.06. The summed E-state index contributed by atoms with van der Waals surface area (Å²) in [6, 6.07) is 6.48. The number of carbonyl (C=O) groups excluding carboxylic acids is 1. The van der Waals surface area contributed by atoms with E-state index in [4.69, 9.17) is 0 Å². The lowest BCUT2D eigenvalue weighted by atomic mass is 10.0. The zero-order valence-corrected chi connectivity index (χ0v) is 11.0. The Morgan fingerprint density at radius 3 is 2.40 bits per heavy atom. The summed E-state index contributed by atoms with van der Waals surface area (Å²) < 4.78 is 42.0. The fourth-order valence-corrected chi connectivity index (χ4v) is 2.57. The van der Waals surface area contributed by atoms with Gasteiger partial charge in [-0.2, -0.15) is 17.5 Å². The van der Waals surface area contributed by atoms with Crippen molar-refractivity contribution in [2.75, 3.05) is 0 Å². The maximum atomic E-state index is 12.7. The van der Waals surface area contributed by atoms with Gasteiger partial charge >= 0.3 is 6.18 Å². The fraction of sp³-hybridized carbons (Fsp3) is 0.231. The Labute approximate surface area is 116 Å². The van der Waals surface area contributed by atoms with Crippen LogP contribution in [0, 0.1) is 0 Å². The molecule has 0 aliphatic heterocycles. The first-order valence-corrected chi connectivity index (χ1v) is 6.44. The van der Waals surface area contributed by atoms with Crippen molar-refractivity contribution in [3.05, 3.63) is 40.3 Å². The van der Waals surface area contributed by atoms with Crippen molar-refractivity contribution >= 4 is 17.8 Å². The van der Waals surface area contributed by atoms with Crippen LogP contribution in [0.25, 0.3) is 11.3 Å². The van der Waals surface area contributed by atoms with Crippen LogP contribution in [0.3, 0.4) is 0 Å². The summed E-state index contributed by atoms with van der Waals surface area (Å²) in [4.78, 5) is 9.49. The van der Waals surface area contributed by atoms with E-state index in [9.17, 15) is 23.1 Å². The van der Waals surface area contributed by atoms with Gasteiger partial charge in [-0.1, -0.05) is 24.3 Å². The summed E-state index contributed by atoms with van der Waals surface area (Å²) in [5, 5.41) is 9.17. The second-order valence-electron chi connectivity index (χ2n) is 4.06. The van der Waals surface area contributed by atoms with Crippen molar-refractivity contribution in [2.45, 2.75) is 19.2 Å². The van der Waals surface area contributed by atoms with Crippen LogP contribution in [0.15, 0.2) is 24.3 Å². The predicted octanol–water partition coefficient (Wildman–Crippen LogP) is 3.06. The number of hydrogen-bond donors (Lipinski definition) is 1. The molecule has 2 rings (SSSR count). The third-order valence-electron chi connectivity index (χ3n) is 2.75. The van der Waals surface area contributed by atoms with Crippen LogP contribution >= 0.6 is 11.5 Å². The highest BCUT2D eigenvalue weighted by Gasteiger charge is 2.37. The third kappa shape index (κ3) is 2.88. The molecule has 0 unspecified atom stereocenters. The first-order valence-electron chi connectivity index (χ1n) is 5.67. The summed E-state index contributed by atoms with van der Waals surface area (Å²) in [5.41, 5.74) is 1.16. The average Bonchev–Trinajstić information content (AvgIpc) is 2.83. The second kappa shape index (κ2) is 5.72. The predicted molar refractivity (Wildman–Crippen MR) is 68.2 cm³/mol. The van der Waals surface area contributed by atoms with Crippen molar-refractivity contribution in [1.29, 1.82) is 0 Å². The van der Waals surface area contributed by atoms with Crippen LogP contribution in [-0.2, 0) is 24.0 Å². The topological polar surface area (TPSA) is 50.2 Å². The van der Waals surface area contributed by atoms with Crippen LogP contribution in [-0.4, -0.2) is 15.8 Å². The molecule has 0 radical (unpaired) electrons. The highest BCUT2D eigenvalue weighted by atomic mass is 32.1. The zero-order valence-electron chi connectivity index (χ0n) is 10.1. The number of aromatic nitrogens is 1. The molecule has 0 fully saturated rings. The van der Waals surface area contributed by atoms with E-state index in [0.717, 1.165) is 11.8 Å². The Bertz CT molecular complexity index is 605. The van der Waals surface area contributed by atoms with Crippen molar-refractivity contribution in [3.8, 4) is 11.3 Å². The Kier molecular flexibility index (Phi) is 4.20. The van der Waals surface area contributed by atoms with Crippen molar-refractivity contribution in [3.63, 3.8) is 0 Å². The Hall–Kier alpha value is -1.73. The summed E-state index contributed by atoms with van der Waals surface area (Å²) in [6.45, 7) is -0.725. The number of benzene rings is 1. The molecule has 1 aromatic carbocycles. The van der Waals surface area contributed by atoms with Crippen molar-refractivity contribution in [2.24, 2.45) is 0 Å². The number of hydrogen-bond acceptors (Lipinski definition) is 4. The molecule has 0 aliphatic rings. The van der Waals surface area contributed by atoms with Crippen LogP contribution < -0.4 is 0 Å². The summed E-state index contributed by atoms with van der Waals surface area (Å²) in [5.74, 6) is 0. The fourth-order valence-electron chi connectivity index (χ4n) is 1.80. The highest BCUT2D eigenvalue weighted by Crippen LogP contribution is 2.39. The number of nitrogens with zero attached hydrogens (tertiary/aromatic N) is 1. The molecular formula is C13H10F3NO2S. The molecule has 7 heteroatoms. The average molecular weight is 301 g/mol. The molecule has 0 amide bonds. The zero-order chi connectivity index (χ0) is 14.8. The van der Waals surface area contributed by atoms with Crippen molar-refractivity contribution in [1.82, 2.24) is 4.37 Å². The molecule has 3 nitrogen and oxygen atoms in total. The first-order chi connectivity index (χ1) is 9.47. The highest BCUT2D eigenvalue weighted by molar-refractivity contribution is 7.06. The number of aliphatic hydroxyl groups is 1. The van der Waals surface area contributed by atoms with Gasteiger partial charge in [0.25, 0.3) is 0 Å². The number of rotatable bonds is 4. The monoisotopic (exact) mass is 301 g/mol. The molecule has 106 valence electrons. The Morgan fingerprint density at radius 2 is 1.90 bits per heavy atom. The van der Waals surface area contributed by atoms with Gasteiger partial charge in [-0.05, 0) is 17.1 Å². The van der Waals surface area contributed by atoms with Crippen LogP contribution in [0.2, 0.25) is 0 Å². The van der Waals surface area contributed by atoms with E-state index in [1.807, 2.05) is 0 Å². The van der Waals surface area contributed by atoms with Crippen LogP contribution in [0.1, 0.15) is 16.0 Å². The standard InChI is InChI=1S/C13H10F3NO2S/c14-13(15,16)12-10(7-19)11(17-20-12)9-3-1-8(2-4-9)5-6-18/h1-4,6,19H,5,7H2. The lowest BCUT2D eigenvalue weighted by molar-refractivity contribution is -0.135. The van der Waals surface area contributed by atoms with E-state index in [1.54, 1.807) is 24.3 Å². The molecule has 0 saturated heterocycles. The SMILES string of the molecule is O=CCc1ccc(-c2nsc(C(F)(F)F)c2CO)cc1. The Balaban J connectivity index is 2.42. The van der Waals surface area contributed by atoms with Gasteiger partial charge in [0.15, 0.2) is 0 Å². The number of alkyl halides is 3. The molecule has 0 aliphatic carbocycles. The van der Waals surface area contributed by atoms with Gasteiger partial charge in [-0.15, -0.1) is 0 Å². The number of halogens is 3. The maximum Gasteiger partial charge on any atom is 0.427 e. The molecule has 1 aromatic heterocycles. The van der Waals surface area contributed by atoms with E-state index >= 15 is 0 Å². The molecule has 2 aromatic rings. The van der Waals surface area contributed by atoms with Crippen LogP contribution in [0.5, 0.6) is 0 Å². The van der Waals surface area contributed by atoms with E-state index in [-0.39, 0.29) is 17.7 Å². The maximum absolute atomic E-state index is 12.7. The van der Waals surface area contributed by atoms with E-state index in [0.29, 0.717) is 17.1 Å². The smallest absolute Gasteiger partial charge is 0.392 e. The quantitative estimate of drug-likeness (QED) is 0.883. The van der Waals surface area contributed by atoms with Gasteiger partial charge in [0.2, 0.25) is 0 Å². The Morgan fingerprint density at radius 1 is 1.25 bits per heavy atom. The summed E-state index contributed by atoms with van der Waals surface area (Å²) in [6.07, 6.45) is -3.53. The second-order valence-corrected chi connectivity index (χ2v) is 4.84. The molecule has 0 spiro atoms. The van der Waals surface area contributed by atoms with Gasteiger partial charge in [0, 0.05) is 17.5 Å². The largest absolute Gasteiger partial charge is 0.427 e. The molecule has 0 saturated carbocycles. The number of carbonyl (C=O) groups is 1. The number of aliphatic hydroxyl groups excluding tert-OH is 1. The van der Waals surface area contributed by atoms with Gasteiger partial charge in [0.05, 0.1) is 12.3 Å². The van der Waals surface area contributed by atoms with Gasteiger partial charge in [-0.25, -0.2) is 0 Å².